The fraction of sp³-hybridized carbons (Fsp3) is 0.0833. The van der Waals surface area contributed by atoms with Gasteiger partial charge in [-0.25, -0.2) is 9.78 Å². The lowest BCUT2D eigenvalue weighted by atomic mass is 10.1. The van der Waals surface area contributed by atoms with Gasteiger partial charge in [0, 0.05) is 12.4 Å². The monoisotopic (exact) mass is 366 g/mol. The van der Waals surface area contributed by atoms with Crippen LogP contribution in [0, 0.1) is 6.92 Å². The van der Waals surface area contributed by atoms with Gasteiger partial charge in [-0.3, -0.25) is 9.36 Å². The van der Waals surface area contributed by atoms with Crippen LogP contribution in [0.5, 0.6) is 0 Å². The third-order valence-electron chi connectivity index (χ3n) is 2.74. The van der Waals surface area contributed by atoms with Crippen LogP contribution in [0.15, 0.2) is 12.4 Å². The highest BCUT2D eigenvalue weighted by Gasteiger charge is 2.29. The average molecular weight is 368 g/mol. The van der Waals surface area contributed by atoms with Gasteiger partial charge in [0.1, 0.15) is 5.82 Å². The van der Waals surface area contributed by atoms with Crippen molar-refractivity contribution in [3.05, 3.63) is 49.4 Å². The van der Waals surface area contributed by atoms with Crippen LogP contribution in [-0.2, 0) is 0 Å². The highest BCUT2D eigenvalue weighted by Crippen LogP contribution is 2.41. The van der Waals surface area contributed by atoms with Gasteiger partial charge in [0.15, 0.2) is 0 Å². The van der Waals surface area contributed by atoms with Gasteiger partial charge < -0.3 is 5.11 Å². The second-order valence-electron chi connectivity index (χ2n) is 3.96. The zero-order valence-corrected chi connectivity index (χ0v) is 13.3. The van der Waals surface area contributed by atoms with Crippen molar-refractivity contribution in [2.75, 3.05) is 0 Å². The molecular weight excluding hydrogens is 362 g/mol. The predicted molar refractivity (Wildman–Crippen MR) is 80.1 cm³/mol. The molecule has 1 aromatic carbocycles. The van der Waals surface area contributed by atoms with Gasteiger partial charge in [0.25, 0.3) is 5.91 Å². The molecule has 1 N–H and O–H groups in total. The van der Waals surface area contributed by atoms with E-state index in [1.54, 1.807) is 6.92 Å². The van der Waals surface area contributed by atoms with E-state index in [0.29, 0.717) is 5.82 Å². The van der Waals surface area contributed by atoms with Crippen LogP contribution < -0.4 is 0 Å². The molecular formula is C12H6Cl4N2O3. The van der Waals surface area contributed by atoms with Crippen LogP contribution in [0.3, 0.4) is 0 Å². The molecule has 0 radical (unpaired) electrons. The summed E-state index contributed by atoms with van der Waals surface area (Å²) in [6, 6.07) is 0. The minimum atomic E-state index is -1.44. The van der Waals surface area contributed by atoms with Gasteiger partial charge >= 0.3 is 5.97 Å². The van der Waals surface area contributed by atoms with Crippen molar-refractivity contribution >= 4 is 58.3 Å². The van der Waals surface area contributed by atoms with E-state index >= 15 is 0 Å². The topological polar surface area (TPSA) is 72.2 Å². The van der Waals surface area contributed by atoms with E-state index < -0.39 is 17.4 Å². The lowest BCUT2D eigenvalue weighted by molar-refractivity contribution is 0.0691. The number of halogens is 4. The van der Waals surface area contributed by atoms with Crippen LogP contribution in [0.1, 0.15) is 26.5 Å². The summed E-state index contributed by atoms with van der Waals surface area (Å²) in [5.74, 6) is -1.80. The second kappa shape index (κ2) is 5.85. The Bertz CT molecular complexity index is 770. The number of aryl methyl sites for hydroxylation is 1. The maximum atomic E-state index is 12.5. The molecule has 5 nitrogen and oxygen atoms in total. The highest BCUT2D eigenvalue weighted by atomic mass is 35.5. The largest absolute Gasteiger partial charge is 0.478 e. The number of carboxylic acids is 1. The molecule has 0 atom stereocenters. The van der Waals surface area contributed by atoms with Crippen molar-refractivity contribution in [3.8, 4) is 0 Å². The Morgan fingerprint density at radius 1 is 1.05 bits per heavy atom. The number of carbonyl (C=O) groups is 2. The smallest absolute Gasteiger partial charge is 0.338 e. The molecule has 0 unspecified atom stereocenters. The number of rotatable bonds is 2. The van der Waals surface area contributed by atoms with E-state index in [-0.39, 0.29) is 25.7 Å². The van der Waals surface area contributed by atoms with Gasteiger partial charge in [0.2, 0.25) is 0 Å². The van der Waals surface area contributed by atoms with Gasteiger partial charge in [-0.2, -0.15) is 0 Å². The number of imidazole rings is 1. The third kappa shape index (κ3) is 2.62. The first-order chi connectivity index (χ1) is 9.77. The van der Waals surface area contributed by atoms with E-state index in [1.165, 1.54) is 12.4 Å². The molecule has 0 amide bonds. The maximum absolute atomic E-state index is 12.5. The normalized spacial score (nSPS) is 10.7. The molecule has 2 aromatic rings. The average Bonchev–Trinajstić information content (AvgIpc) is 2.85. The first-order valence-corrected chi connectivity index (χ1v) is 6.92. The molecule has 0 saturated carbocycles. The SMILES string of the molecule is Cc1nccn1C(=O)c1c(Cl)c(Cl)c(Cl)c(Cl)c1C(=O)O. The Morgan fingerprint density at radius 2 is 1.57 bits per heavy atom. The van der Waals surface area contributed by atoms with Crippen LogP contribution in [0.25, 0.3) is 0 Å². The standard InChI is InChI=1S/C12H6Cl4N2O3/c1-4-17-2-3-18(4)11(19)5-6(12(20)21)8(14)10(16)9(15)7(5)13/h2-3H,1H3,(H,20,21). The Labute approximate surface area is 139 Å². The molecule has 2 rings (SSSR count). The van der Waals surface area contributed by atoms with Crippen LogP contribution >= 0.6 is 46.4 Å². The molecule has 0 aliphatic rings. The molecule has 0 bridgehead atoms. The summed E-state index contributed by atoms with van der Waals surface area (Å²) in [7, 11) is 0. The van der Waals surface area contributed by atoms with E-state index in [4.69, 9.17) is 46.4 Å². The van der Waals surface area contributed by atoms with E-state index in [1.807, 2.05) is 0 Å². The van der Waals surface area contributed by atoms with Crippen molar-refractivity contribution in [3.63, 3.8) is 0 Å². The fourth-order valence-corrected chi connectivity index (χ4v) is 2.76. The lowest BCUT2D eigenvalue weighted by Crippen LogP contribution is -2.18. The molecule has 0 aliphatic heterocycles. The molecule has 0 spiro atoms. The van der Waals surface area contributed by atoms with Crippen LogP contribution in [0.4, 0.5) is 0 Å². The molecule has 0 saturated heterocycles. The summed E-state index contributed by atoms with van der Waals surface area (Å²) >= 11 is 23.6. The van der Waals surface area contributed by atoms with Gasteiger partial charge in [-0.1, -0.05) is 46.4 Å². The molecule has 1 heterocycles. The van der Waals surface area contributed by atoms with E-state index in [0.717, 1.165) is 4.57 Å². The first kappa shape index (κ1) is 16.1. The van der Waals surface area contributed by atoms with Crippen LogP contribution in [0.2, 0.25) is 20.1 Å². The number of carbonyl (C=O) groups excluding carboxylic acids is 1. The Morgan fingerprint density at radius 3 is 2.00 bits per heavy atom. The zero-order chi connectivity index (χ0) is 15.9. The Kier molecular flexibility index (Phi) is 4.49. The molecule has 1 aromatic heterocycles. The number of hydrogen-bond acceptors (Lipinski definition) is 3. The number of benzene rings is 1. The number of hydrogen-bond donors (Lipinski definition) is 1. The number of nitrogens with zero attached hydrogens (tertiary/aromatic N) is 2. The number of aromatic carboxylic acids is 1. The van der Waals surface area contributed by atoms with Crippen molar-refractivity contribution in [2.45, 2.75) is 6.92 Å². The summed E-state index contributed by atoms with van der Waals surface area (Å²) in [5, 5.41) is 8.25. The van der Waals surface area contributed by atoms with Gasteiger partial charge in [-0.15, -0.1) is 0 Å². The highest BCUT2D eigenvalue weighted by molar-refractivity contribution is 6.54. The molecule has 110 valence electrons. The van der Waals surface area contributed by atoms with E-state index in [2.05, 4.69) is 4.98 Å². The quantitative estimate of drug-likeness (QED) is 0.638. The summed E-state index contributed by atoms with van der Waals surface area (Å²) < 4.78 is 1.13. The maximum Gasteiger partial charge on any atom is 0.338 e. The zero-order valence-electron chi connectivity index (χ0n) is 10.3. The van der Waals surface area contributed by atoms with E-state index in [9.17, 15) is 14.7 Å². The molecule has 0 aliphatic carbocycles. The fourth-order valence-electron chi connectivity index (χ4n) is 1.75. The summed E-state index contributed by atoms with van der Waals surface area (Å²) in [4.78, 5) is 27.8. The summed E-state index contributed by atoms with van der Waals surface area (Å²) in [6.45, 7) is 1.57. The lowest BCUT2D eigenvalue weighted by Gasteiger charge is -2.13. The second-order valence-corrected chi connectivity index (χ2v) is 5.47. The minimum absolute atomic E-state index is 0.186. The molecule has 21 heavy (non-hydrogen) atoms. The minimum Gasteiger partial charge on any atom is -0.478 e. The molecule has 9 heteroatoms. The van der Waals surface area contributed by atoms with Crippen molar-refractivity contribution < 1.29 is 14.7 Å². The van der Waals surface area contributed by atoms with Crippen molar-refractivity contribution in [1.29, 1.82) is 0 Å². The number of carboxylic acid groups (broad SMARTS) is 1. The molecule has 0 fully saturated rings. The summed E-state index contributed by atoms with van der Waals surface area (Å²) in [5.41, 5.74) is -0.848. The van der Waals surface area contributed by atoms with Gasteiger partial charge in [-0.05, 0) is 6.92 Å². The Hall–Kier alpha value is -1.27. The Balaban J connectivity index is 2.83. The first-order valence-electron chi connectivity index (χ1n) is 5.41. The number of aromatic nitrogens is 2. The summed E-state index contributed by atoms with van der Waals surface area (Å²) in [6.07, 6.45) is 2.76. The van der Waals surface area contributed by atoms with Crippen molar-refractivity contribution in [2.24, 2.45) is 0 Å². The van der Waals surface area contributed by atoms with Crippen molar-refractivity contribution in [1.82, 2.24) is 9.55 Å². The van der Waals surface area contributed by atoms with Crippen LogP contribution in [-0.4, -0.2) is 26.5 Å². The van der Waals surface area contributed by atoms with Gasteiger partial charge in [0.05, 0.1) is 31.2 Å². The third-order valence-corrected chi connectivity index (χ3v) is 4.54. The predicted octanol–water partition coefficient (Wildman–Crippen LogP) is 4.19.